The molecule has 0 spiro atoms. The predicted octanol–water partition coefficient (Wildman–Crippen LogP) is 2.87. The van der Waals surface area contributed by atoms with Crippen molar-refractivity contribution in [2.75, 3.05) is 0 Å². The first kappa shape index (κ1) is 12.7. The maximum Gasteiger partial charge on any atom is 0.192 e. The van der Waals surface area contributed by atoms with Crippen LogP contribution in [0.15, 0.2) is 21.9 Å². The molecule has 0 saturated carbocycles. The van der Waals surface area contributed by atoms with Crippen molar-refractivity contribution in [3.05, 3.63) is 18.1 Å². The highest BCUT2D eigenvalue weighted by molar-refractivity contribution is 8.00. The summed E-state index contributed by atoms with van der Waals surface area (Å²) in [6.45, 7) is 6.54. The number of aryl methyl sites for hydroxylation is 1. The molecular weight excluding hydrogens is 248 g/mol. The molecule has 2 rings (SSSR count). The molecule has 94 valence electrons. The molecule has 0 fully saturated rings. The zero-order chi connectivity index (χ0) is 13.1. The summed E-state index contributed by atoms with van der Waals surface area (Å²) in [7, 11) is 0. The van der Waals surface area contributed by atoms with Gasteiger partial charge in [-0.1, -0.05) is 11.8 Å². The van der Waals surface area contributed by atoms with Gasteiger partial charge >= 0.3 is 0 Å². The molecular formula is C12H14N4OS. The predicted molar refractivity (Wildman–Crippen MR) is 69.1 cm³/mol. The Morgan fingerprint density at radius 1 is 1.56 bits per heavy atom. The van der Waals surface area contributed by atoms with Gasteiger partial charge in [-0.2, -0.15) is 5.26 Å². The Hall–Kier alpha value is -1.74. The van der Waals surface area contributed by atoms with E-state index in [1.54, 1.807) is 6.26 Å². The van der Waals surface area contributed by atoms with E-state index in [2.05, 4.69) is 16.3 Å². The third-order valence-corrected chi connectivity index (χ3v) is 3.57. The Labute approximate surface area is 110 Å². The summed E-state index contributed by atoms with van der Waals surface area (Å²) < 4.78 is 7.29. The van der Waals surface area contributed by atoms with Gasteiger partial charge in [0.1, 0.15) is 5.76 Å². The number of furan rings is 1. The fourth-order valence-corrected chi connectivity index (χ4v) is 2.46. The van der Waals surface area contributed by atoms with Crippen LogP contribution in [0.25, 0.3) is 11.4 Å². The van der Waals surface area contributed by atoms with Gasteiger partial charge in [0.15, 0.2) is 11.0 Å². The van der Waals surface area contributed by atoms with E-state index in [0.29, 0.717) is 0 Å². The van der Waals surface area contributed by atoms with E-state index in [-0.39, 0.29) is 5.25 Å². The molecule has 0 saturated heterocycles. The molecule has 0 radical (unpaired) electrons. The van der Waals surface area contributed by atoms with Crippen molar-refractivity contribution < 1.29 is 4.42 Å². The molecule has 0 N–H and O–H groups in total. The second-order valence-electron chi connectivity index (χ2n) is 3.83. The van der Waals surface area contributed by atoms with Gasteiger partial charge in [-0.15, -0.1) is 10.2 Å². The Morgan fingerprint density at radius 2 is 2.33 bits per heavy atom. The van der Waals surface area contributed by atoms with Crippen molar-refractivity contribution in [2.45, 2.75) is 37.7 Å². The van der Waals surface area contributed by atoms with E-state index in [1.807, 2.05) is 31.4 Å². The van der Waals surface area contributed by atoms with Crippen molar-refractivity contribution in [3.63, 3.8) is 0 Å². The minimum atomic E-state index is -0.141. The van der Waals surface area contributed by atoms with E-state index in [0.717, 1.165) is 28.8 Å². The average Bonchev–Trinajstić information content (AvgIpc) is 2.94. The molecule has 2 aromatic heterocycles. The van der Waals surface area contributed by atoms with Gasteiger partial charge in [0.25, 0.3) is 0 Å². The summed E-state index contributed by atoms with van der Waals surface area (Å²) in [5, 5.41) is 17.8. The van der Waals surface area contributed by atoms with E-state index in [4.69, 9.17) is 9.68 Å². The highest BCUT2D eigenvalue weighted by Gasteiger charge is 2.17. The maximum atomic E-state index is 8.85. The zero-order valence-electron chi connectivity index (χ0n) is 10.5. The van der Waals surface area contributed by atoms with Crippen molar-refractivity contribution in [1.29, 1.82) is 5.26 Å². The SMILES string of the molecule is CCn1c(S[C@@H](C)C#N)nnc1-c1ccoc1C. The van der Waals surface area contributed by atoms with E-state index >= 15 is 0 Å². The molecule has 0 amide bonds. The van der Waals surface area contributed by atoms with Crippen LogP contribution in [0.4, 0.5) is 0 Å². The normalized spacial score (nSPS) is 12.3. The first-order valence-corrected chi connectivity index (χ1v) is 6.59. The number of hydrogen-bond acceptors (Lipinski definition) is 5. The lowest BCUT2D eigenvalue weighted by molar-refractivity contribution is 0.534. The topological polar surface area (TPSA) is 67.6 Å². The molecule has 0 unspecified atom stereocenters. The van der Waals surface area contributed by atoms with Crippen molar-refractivity contribution in [2.24, 2.45) is 0 Å². The summed E-state index contributed by atoms with van der Waals surface area (Å²) in [5.74, 6) is 1.61. The minimum Gasteiger partial charge on any atom is -0.469 e. The zero-order valence-corrected chi connectivity index (χ0v) is 11.4. The number of rotatable bonds is 4. The van der Waals surface area contributed by atoms with Crippen LogP contribution in [0.5, 0.6) is 0 Å². The second kappa shape index (κ2) is 5.27. The van der Waals surface area contributed by atoms with E-state index in [9.17, 15) is 0 Å². The summed E-state index contributed by atoms with van der Waals surface area (Å²) in [6.07, 6.45) is 1.64. The van der Waals surface area contributed by atoms with Crippen LogP contribution >= 0.6 is 11.8 Å². The monoisotopic (exact) mass is 262 g/mol. The summed E-state index contributed by atoms with van der Waals surface area (Å²) in [4.78, 5) is 0. The lowest BCUT2D eigenvalue weighted by Gasteiger charge is -2.07. The van der Waals surface area contributed by atoms with Gasteiger partial charge in [0, 0.05) is 6.54 Å². The molecule has 0 aliphatic heterocycles. The third-order valence-electron chi connectivity index (χ3n) is 2.60. The molecule has 0 aromatic carbocycles. The Kier molecular flexibility index (Phi) is 3.72. The van der Waals surface area contributed by atoms with Crippen LogP contribution in [-0.2, 0) is 6.54 Å². The van der Waals surface area contributed by atoms with Gasteiger partial charge in [0.05, 0.1) is 23.1 Å². The van der Waals surface area contributed by atoms with Gasteiger partial charge < -0.3 is 8.98 Å². The summed E-state index contributed by atoms with van der Waals surface area (Å²) >= 11 is 1.42. The second-order valence-corrected chi connectivity index (χ2v) is 5.14. The summed E-state index contributed by atoms with van der Waals surface area (Å²) in [6, 6.07) is 4.07. The fourth-order valence-electron chi connectivity index (χ4n) is 1.66. The van der Waals surface area contributed by atoms with Crippen molar-refractivity contribution in [3.8, 4) is 17.5 Å². The molecule has 0 bridgehead atoms. The lowest BCUT2D eigenvalue weighted by atomic mass is 10.2. The largest absolute Gasteiger partial charge is 0.469 e. The summed E-state index contributed by atoms with van der Waals surface area (Å²) in [5.41, 5.74) is 0.945. The Morgan fingerprint density at radius 3 is 2.89 bits per heavy atom. The van der Waals surface area contributed by atoms with Crippen molar-refractivity contribution in [1.82, 2.24) is 14.8 Å². The molecule has 2 heterocycles. The van der Waals surface area contributed by atoms with Crippen LogP contribution in [-0.4, -0.2) is 20.0 Å². The number of hydrogen-bond donors (Lipinski definition) is 0. The van der Waals surface area contributed by atoms with E-state index in [1.165, 1.54) is 11.8 Å². The minimum absolute atomic E-state index is 0.141. The molecule has 18 heavy (non-hydrogen) atoms. The van der Waals surface area contributed by atoms with Gasteiger partial charge in [-0.25, -0.2) is 0 Å². The quantitative estimate of drug-likeness (QED) is 0.792. The van der Waals surface area contributed by atoms with E-state index < -0.39 is 0 Å². The maximum absolute atomic E-state index is 8.85. The number of thioether (sulfide) groups is 1. The van der Waals surface area contributed by atoms with Gasteiger partial charge in [-0.3, -0.25) is 0 Å². The fraction of sp³-hybridized carbons (Fsp3) is 0.417. The van der Waals surface area contributed by atoms with Crippen LogP contribution in [0.2, 0.25) is 0 Å². The first-order valence-electron chi connectivity index (χ1n) is 5.71. The number of nitrogens with zero attached hydrogens (tertiary/aromatic N) is 4. The van der Waals surface area contributed by atoms with Crippen LogP contribution in [0, 0.1) is 18.3 Å². The smallest absolute Gasteiger partial charge is 0.192 e. The molecule has 0 aliphatic rings. The molecule has 6 heteroatoms. The molecule has 0 aliphatic carbocycles. The highest BCUT2D eigenvalue weighted by atomic mass is 32.2. The van der Waals surface area contributed by atoms with Crippen LogP contribution in [0.1, 0.15) is 19.6 Å². The van der Waals surface area contributed by atoms with Crippen LogP contribution in [0.3, 0.4) is 0 Å². The van der Waals surface area contributed by atoms with Gasteiger partial charge in [-0.05, 0) is 26.8 Å². The average molecular weight is 262 g/mol. The number of aromatic nitrogens is 3. The Bertz CT molecular complexity index is 581. The highest BCUT2D eigenvalue weighted by Crippen LogP contribution is 2.28. The standard InChI is InChI=1S/C12H14N4OS/c1-4-16-11(10-5-6-17-9(10)3)14-15-12(16)18-8(2)7-13/h5-6,8H,4H2,1-3H3/t8-/m0/s1. The molecule has 5 nitrogen and oxygen atoms in total. The van der Waals surface area contributed by atoms with Gasteiger partial charge in [0.2, 0.25) is 0 Å². The first-order chi connectivity index (χ1) is 8.67. The Balaban J connectivity index is 2.40. The molecule has 1 atom stereocenters. The molecule has 2 aromatic rings. The van der Waals surface area contributed by atoms with Crippen molar-refractivity contribution >= 4 is 11.8 Å². The lowest BCUT2D eigenvalue weighted by Crippen LogP contribution is -2.02. The third kappa shape index (κ3) is 2.27. The number of nitriles is 1. The van der Waals surface area contributed by atoms with Crippen LogP contribution < -0.4 is 0 Å².